The average Bonchev–Trinajstić information content (AvgIpc) is 1.89. The zero-order valence-corrected chi connectivity index (χ0v) is 4.89. The summed E-state index contributed by atoms with van der Waals surface area (Å²) in [6.45, 7) is 0. The van der Waals surface area contributed by atoms with Crippen LogP contribution in [0.5, 0.6) is 0 Å². The fourth-order valence-corrected chi connectivity index (χ4v) is 0.143. The van der Waals surface area contributed by atoms with Crippen molar-refractivity contribution in [2.24, 2.45) is 5.90 Å². The maximum Gasteiger partial charge on any atom is 0.328 e. The molecular weight excluding hydrogens is 142 g/mol. The molecule has 0 aromatic rings. The lowest BCUT2D eigenvalue weighted by atomic mass is 10.5. The van der Waals surface area contributed by atoms with Crippen molar-refractivity contribution < 1.29 is 25.0 Å². The monoisotopic (exact) mass is 149 g/mol. The quantitative estimate of drug-likeness (QED) is 0.296. The molecule has 58 valence electrons. The second-order valence-electron chi connectivity index (χ2n) is 1.01. The van der Waals surface area contributed by atoms with E-state index in [4.69, 9.17) is 15.4 Å². The Kier molecular flexibility index (Phi) is 8.67. The molecule has 0 aliphatic heterocycles. The molecule has 0 aliphatic rings. The molecule has 0 aliphatic carbocycles. The lowest BCUT2D eigenvalue weighted by Crippen LogP contribution is -1.91. The minimum Gasteiger partial charge on any atom is -0.478 e. The Morgan fingerprint density at radius 2 is 1.20 bits per heavy atom. The van der Waals surface area contributed by atoms with Crippen LogP contribution in [0.15, 0.2) is 12.2 Å². The van der Waals surface area contributed by atoms with Crippen molar-refractivity contribution in [2.75, 3.05) is 0 Å². The highest BCUT2D eigenvalue weighted by Gasteiger charge is 1.88. The summed E-state index contributed by atoms with van der Waals surface area (Å²) in [7, 11) is 0. The van der Waals surface area contributed by atoms with Crippen molar-refractivity contribution in [3.05, 3.63) is 12.2 Å². The van der Waals surface area contributed by atoms with Crippen molar-refractivity contribution in [3.8, 4) is 0 Å². The molecular formula is C4H7NO5. The summed E-state index contributed by atoms with van der Waals surface area (Å²) in [6, 6.07) is 0. The predicted octanol–water partition coefficient (Wildman–Crippen LogP) is -0.954. The molecule has 0 atom stereocenters. The molecule has 0 saturated carbocycles. The molecule has 0 unspecified atom stereocenters. The van der Waals surface area contributed by atoms with Crippen LogP contribution in [0.25, 0.3) is 0 Å². The average molecular weight is 149 g/mol. The minimum absolute atomic E-state index is 0.558. The number of carboxylic acids is 2. The van der Waals surface area contributed by atoms with E-state index < -0.39 is 11.9 Å². The number of hydrogen-bond acceptors (Lipinski definition) is 4. The number of carbonyl (C=O) groups is 2. The zero-order chi connectivity index (χ0) is 8.57. The third-order valence-electron chi connectivity index (χ3n) is 0.368. The largest absolute Gasteiger partial charge is 0.478 e. The molecule has 0 fully saturated rings. The number of carboxylic acid groups (broad SMARTS) is 2. The number of nitrogens with two attached hydrogens (primary N) is 1. The second kappa shape index (κ2) is 7.60. The van der Waals surface area contributed by atoms with E-state index in [2.05, 4.69) is 5.90 Å². The summed E-state index contributed by atoms with van der Waals surface area (Å²) in [5.41, 5.74) is 0. The standard InChI is InChI=1S/C4H4O4.H3NO/c5-3(6)1-2-4(7)8;1-2/h1-2H,(H,5,6)(H,7,8);2H,1H2. The van der Waals surface area contributed by atoms with Gasteiger partial charge in [0.05, 0.1) is 0 Å². The minimum atomic E-state index is -1.26. The molecule has 0 aromatic carbocycles. The van der Waals surface area contributed by atoms with Crippen molar-refractivity contribution in [1.29, 1.82) is 0 Å². The van der Waals surface area contributed by atoms with E-state index in [1.807, 2.05) is 0 Å². The molecule has 0 spiro atoms. The molecule has 0 bridgehead atoms. The Balaban J connectivity index is 0. The van der Waals surface area contributed by atoms with Gasteiger partial charge in [-0.05, 0) is 0 Å². The maximum absolute atomic E-state index is 9.55. The molecule has 0 amide bonds. The molecule has 0 aromatic heterocycles. The van der Waals surface area contributed by atoms with E-state index in [0.29, 0.717) is 12.2 Å². The van der Waals surface area contributed by atoms with E-state index in [1.54, 1.807) is 0 Å². The highest BCUT2D eigenvalue weighted by Crippen LogP contribution is 1.70. The summed E-state index contributed by atoms with van der Waals surface area (Å²) < 4.78 is 0. The lowest BCUT2D eigenvalue weighted by Gasteiger charge is -1.74. The summed E-state index contributed by atoms with van der Waals surface area (Å²) in [5, 5.41) is 22.1. The van der Waals surface area contributed by atoms with E-state index in [0.717, 1.165) is 0 Å². The van der Waals surface area contributed by atoms with E-state index in [9.17, 15) is 9.59 Å². The highest BCUT2D eigenvalue weighted by molar-refractivity contribution is 5.89. The Morgan fingerprint density at radius 3 is 1.30 bits per heavy atom. The predicted molar refractivity (Wildman–Crippen MR) is 30.4 cm³/mol. The topological polar surface area (TPSA) is 121 Å². The SMILES string of the molecule is NO.O=C(O)C=CC(=O)O. The van der Waals surface area contributed by atoms with Crippen molar-refractivity contribution in [1.82, 2.24) is 0 Å². The smallest absolute Gasteiger partial charge is 0.328 e. The van der Waals surface area contributed by atoms with Crippen molar-refractivity contribution in [3.63, 3.8) is 0 Å². The van der Waals surface area contributed by atoms with Gasteiger partial charge in [-0.15, -0.1) is 0 Å². The first-order valence-electron chi connectivity index (χ1n) is 2.02. The third kappa shape index (κ3) is 16.0. The van der Waals surface area contributed by atoms with Gasteiger partial charge < -0.3 is 15.4 Å². The van der Waals surface area contributed by atoms with Gasteiger partial charge in [0, 0.05) is 12.2 Å². The molecule has 5 N–H and O–H groups in total. The van der Waals surface area contributed by atoms with Crippen LogP contribution >= 0.6 is 0 Å². The summed E-state index contributed by atoms with van der Waals surface area (Å²) in [6.07, 6.45) is 1.12. The molecule has 0 rings (SSSR count). The maximum atomic E-state index is 9.55. The van der Waals surface area contributed by atoms with E-state index in [1.165, 1.54) is 0 Å². The molecule has 0 heterocycles. The van der Waals surface area contributed by atoms with Crippen LogP contribution in [0.1, 0.15) is 0 Å². The van der Waals surface area contributed by atoms with Crippen LogP contribution in [0.4, 0.5) is 0 Å². The fourth-order valence-electron chi connectivity index (χ4n) is 0.143. The Bertz CT molecular complexity index is 125. The van der Waals surface area contributed by atoms with Crippen LogP contribution < -0.4 is 5.90 Å². The van der Waals surface area contributed by atoms with Crippen molar-refractivity contribution in [2.45, 2.75) is 0 Å². The normalized spacial score (nSPS) is 8.20. The summed E-state index contributed by atoms with van der Waals surface area (Å²) >= 11 is 0. The molecule has 0 radical (unpaired) electrons. The molecule has 0 saturated heterocycles. The van der Waals surface area contributed by atoms with E-state index >= 15 is 0 Å². The summed E-state index contributed by atoms with van der Waals surface area (Å²) in [5.74, 6) is 0.986. The van der Waals surface area contributed by atoms with Gasteiger partial charge in [-0.25, -0.2) is 15.5 Å². The lowest BCUT2D eigenvalue weighted by molar-refractivity contribution is -0.134. The zero-order valence-electron chi connectivity index (χ0n) is 4.89. The summed E-state index contributed by atoms with van der Waals surface area (Å²) in [4.78, 5) is 19.1. The van der Waals surface area contributed by atoms with Gasteiger partial charge in [-0.3, -0.25) is 0 Å². The first-order chi connectivity index (χ1) is 4.63. The van der Waals surface area contributed by atoms with Gasteiger partial charge in [0.25, 0.3) is 0 Å². The Morgan fingerprint density at radius 1 is 1.00 bits per heavy atom. The van der Waals surface area contributed by atoms with Gasteiger partial charge in [0.15, 0.2) is 0 Å². The van der Waals surface area contributed by atoms with Gasteiger partial charge in [-0.2, -0.15) is 0 Å². The Hall–Kier alpha value is -1.40. The molecule has 10 heavy (non-hydrogen) atoms. The van der Waals surface area contributed by atoms with Gasteiger partial charge in [0.1, 0.15) is 0 Å². The van der Waals surface area contributed by atoms with Crippen LogP contribution in [0, 0.1) is 0 Å². The van der Waals surface area contributed by atoms with Gasteiger partial charge in [-0.1, -0.05) is 0 Å². The molecule has 6 heteroatoms. The van der Waals surface area contributed by atoms with E-state index in [-0.39, 0.29) is 0 Å². The number of rotatable bonds is 2. The van der Waals surface area contributed by atoms with Crippen molar-refractivity contribution >= 4 is 11.9 Å². The van der Waals surface area contributed by atoms with Gasteiger partial charge in [0.2, 0.25) is 0 Å². The Labute approximate surface area is 56.1 Å². The first-order valence-corrected chi connectivity index (χ1v) is 2.02. The van der Waals surface area contributed by atoms with Crippen LogP contribution in [-0.2, 0) is 9.59 Å². The third-order valence-corrected chi connectivity index (χ3v) is 0.368. The van der Waals surface area contributed by atoms with Crippen LogP contribution in [-0.4, -0.2) is 27.4 Å². The second-order valence-corrected chi connectivity index (χ2v) is 1.01. The first kappa shape index (κ1) is 11.4. The van der Waals surface area contributed by atoms with Gasteiger partial charge >= 0.3 is 11.9 Å². The van der Waals surface area contributed by atoms with Crippen LogP contribution in [0.2, 0.25) is 0 Å². The molecule has 6 nitrogen and oxygen atoms in total. The number of hydrogen-bond donors (Lipinski definition) is 4. The van der Waals surface area contributed by atoms with Crippen LogP contribution in [0.3, 0.4) is 0 Å². The number of aliphatic carboxylic acids is 2. The fraction of sp³-hybridized carbons (Fsp3) is 0. The highest BCUT2D eigenvalue weighted by atomic mass is 16.4.